The fourth-order valence-electron chi connectivity index (χ4n) is 1.43. The van der Waals surface area contributed by atoms with Crippen molar-refractivity contribution in [3.8, 4) is 0 Å². The smallest absolute Gasteiger partial charge is 0.0713 e. The summed E-state index contributed by atoms with van der Waals surface area (Å²) in [5, 5.41) is 10.4. The Balaban J connectivity index is 2.42. The lowest BCUT2D eigenvalue weighted by molar-refractivity contribution is 0.300. The molecule has 78 valence electrons. The first kappa shape index (κ1) is 10.5. The molecule has 1 N–H and O–H groups in total. The molecule has 0 spiro atoms. The number of hydrogen-bond acceptors (Lipinski definition) is 3. The summed E-state index contributed by atoms with van der Waals surface area (Å²) >= 11 is 1.68. The lowest BCUT2D eigenvalue weighted by atomic mass is 10.2. The highest BCUT2D eigenvalue weighted by atomic mass is 32.2. The van der Waals surface area contributed by atoms with Crippen molar-refractivity contribution in [2.75, 3.05) is 6.61 Å². The summed E-state index contributed by atoms with van der Waals surface area (Å²) in [6.45, 7) is 2.21. The van der Waals surface area contributed by atoms with Crippen molar-refractivity contribution in [1.82, 2.24) is 4.98 Å². The van der Waals surface area contributed by atoms with Gasteiger partial charge in [-0.2, -0.15) is 0 Å². The average molecular weight is 219 g/mol. The van der Waals surface area contributed by atoms with Crippen LogP contribution in [0, 0.1) is 0 Å². The Morgan fingerprint density at radius 1 is 1.33 bits per heavy atom. The van der Waals surface area contributed by atoms with Crippen molar-refractivity contribution < 1.29 is 5.11 Å². The van der Waals surface area contributed by atoms with E-state index in [0.717, 1.165) is 10.9 Å². The molecule has 15 heavy (non-hydrogen) atoms. The number of aliphatic hydroxyl groups is 1. The number of aliphatic hydroxyl groups excluding tert-OH is 1. The van der Waals surface area contributed by atoms with E-state index in [1.165, 1.54) is 4.90 Å². The second kappa shape index (κ2) is 4.64. The number of fused-ring (bicyclic) bond motifs is 1. The molecule has 0 aliphatic carbocycles. The molecular formula is C12H13NOS. The zero-order valence-corrected chi connectivity index (χ0v) is 9.37. The van der Waals surface area contributed by atoms with Crippen LogP contribution in [0.4, 0.5) is 0 Å². The van der Waals surface area contributed by atoms with Crippen molar-refractivity contribution in [2.24, 2.45) is 0 Å². The molecule has 1 aromatic carbocycles. The molecule has 0 radical (unpaired) electrons. The normalized spacial score (nSPS) is 12.9. The van der Waals surface area contributed by atoms with Gasteiger partial charge < -0.3 is 5.11 Å². The van der Waals surface area contributed by atoms with Gasteiger partial charge in [-0.1, -0.05) is 25.1 Å². The maximum Gasteiger partial charge on any atom is 0.0713 e. The lowest BCUT2D eigenvalue weighted by Gasteiger charge is -2.09. The summed E-state index contributed by atoms with van der Waals surface area (Å²) in [6.07, 6.45) is 1.81. The summed E-state index contributed by atoms with van der Waals surface area (Å²) in [7, 11) is 0. The minimum atomic E-state index is 0.196. The molecule has 2 rings (SSSR count). The molecule has 2 aromatic rings. The van der Waals surface area contributed by atoms with Gasteiger partial charge >= 0.3 is 0 Å². The van der Waals surface area contributed by atoms with Crippen LogP contribution in [0.5, 0.6) is 0 Å². The van der Waals surface area contributed by atoms with E-state index < -0.39 is 0 Å². The van der Waals surface area contributed by atoms with Crippen molar-refractivity contribution in [1.29, 1.82) is 0 Å². The van der Waals surface area contributed by atoms with Crippen LogP contribution in [0.15, 0.2) is 41.4 Å². The third kappa shape index (κ3) is 2.30. The Labute approximate surface area is 93.3 Å². The molecule has 1 aromatic heterocycles. The minimum Gasteiger partial charge on any atom is -0.395 e. The van der Waals surface area contributed by atoms with Gasteiger partial charge in [-0.25, -0.2) is 0 Å². The van der Waals surface area contributed by atoms with Crippen molar-refractivity contribution in [3.05, 3.63) is 36.5 Å². The second-order valence-corrected chi connectivity index (χ2v) is 4.92. The first-order chi connectivity index (χ1) is 7.31. The van der Waals surface area contributed by atoms with Gasteiger partial charge in [-0.05, 0) is 12.1 Å². The Hall–Kier alpha value is -1.06. The summed E-state index contributed by atoms with van der Waals surface area (Å²) in [5.41, 5.74) is 1.01. The molecular weight excluding hydrogens is 206 g/mol. The zero-order chi connectivity index (χ0) is 10.7. The van der Waals surface area contributed by atoms with Gasteiger partial charge in [0.25, 0.3) is 0 Å². The van der Waals surface area contributed by atoms with Gasteiger partial charge in [-0.3, -0.25) is 4.98 Å². The van der Waals surface area contributed by atoms with Crippen LogP contribution in [0.2, 0.25) is 0 Å². The van der Waals surface area contributed by atoms with Crippen molar-refractivity contribution >= 4 is 22.7 Å². The number of nitrogens with zero attached hydrogens (tertiary/aromatic N) is 1. The zero-order valence-electron chi connectivity index (χ0n) is 8.55. The second-order valence-electron chi connectivity index (χ2n) is 3.44. The van der Waals surface area contributed by atoms with E-state index in [0.29, 0.717) is 0 Å². The third-order valence-corrected chi connectivity index (χ3v) is 3.36. The van der Waals surface area contributed by atoms with E-state index in [2.05, 4.69) is 11.1 Å². The van der Waals surface area contributed by atoms with E-state index >= 15 is 0 Å². The standard InChI is InChI=1S/C12H13NOS/c1-9(8-14)15-12-6-7-13-11-5-3-2-4-10(11)12/h2-7,9,14H,8H2,1H3. The third-order valence-electron chi connectivity index (χ3n) is 2.19. The van der Waals surface area contributed by atoms with Gasteiger partial charge in [0.15, 0.2) is 0 Å². The Morgan fingerprint density at radius 3 is 2.93 bits per heavy atom. The molecule has 1 unspecified atom stereocenters. The molecule has 1 atom stereocenters. The largest absolute Gasteiger partial charge is 0.395 e. The number of para-hydroxylation sites is 1. The fourth-order valence-corrected chi connectivity index (χ4v) is 2.37. The number of rotatable bonds is 3. The molecule has 0 saturated heterocycles. The van der Waals surface area contributed by atoms with Crippen LogP contribution in [-0.2, 0) is 0 Å². The molecule has 2 nitrogen and oxygen atoms in total. The highest BCUT2D eigenvalue weighted by Crippen LogP contribution is 2.29. The SMILES string of the molecule is CC(CO)Sc1ccnc2ccccc12. The maximum absolute atomic E-state index is 9.03. The van der Waals surface area contributed by atoms with Crippen molar-refractivity contribution in [3.63, 3.8) is 0 Å². The number of aromatic nitrogens is 1. The molecule has 0 amide bonds. The van der Waals surface area contributed by atoms with Gasteiger partial charge in [0, 0.05) is 21.7 Å². The van der Waals surface area contributed by atoms with Crippen LogP contribution < -0.4 is 0 Å². The first-order valence-corrected chi connectivity index (χ1v) is 5.80. The summed E-state index contributed by atoms with van der Waals surface area (Å²) in [4.78, 5) is 5.48. The quantitative estimate of drug-likeness (QED) is 0.806. The van der Waals surface area contributed by atoms with Crippen LogP contribution >= 0.6 is 11.8 Å². The highest BCUT2D eigenvalue weighted by molar-refractivity contribution is 8.00. The van der Waals surface area contributed by atoms with Crippen LogP contribution in [0.25, 0.3) is 10.9 Å². The maximum atomic E-state index is 9.03. The minimum absolute atomic E-state index is 0.196. The van der Waals surface area contributed by atoms with Crippen molar-refractivity contribution in [2.45, 2.75) is 17.1 Å². The van der Waals surface area contributed by atoms with Crippen LogP contribution in [0.1, 0.15) is 6.92 Å². The fraction of sp³-hybridized carbons (Fsp3) is 0.250. The Morgan fingerprint density at radius 2 is 2.13 bits per heavy atom. The Bertz CT molecular complexity index is 453. The lowest BCUT2D eigenvalue weighted by Crippen LogP contribution is -2.01. The summed E-state index contributed by atoms with van der Waals surface area (Å²) in [6, 6.07) is 10.1. The predicted molar refractivity (Wildman–Crippen MR) is 64.1 cm³/mol. The topological polar surface area (TPSA) is 33.1 Å². The van der Waals surface area contributed by atoms with Gasteiger partial charge in [0.2, 0.25) is 0 Å². The van der Waals surface area contributed by atoms with E-state index in [4.69, 9.17) is 5.11 Å². The van der Waals surface area contributed by atoms with E-state index in [1.807, 2.05) is 37.4 Å². The molecule has 0 bridgehead atoms. The number of thioether (sulfide) groups is 1. The predicted octanol–water partition coefficient (Wildman–Crippen LogP) is 2.71. The van der Waals surface area contributed by atoms with Crippen LogP contribution in [0.3, 0.4) is 0 Å². The summed E-state index contributed by atoms with van der Waals surface area (Å²) in [5.74, 6) is 0. The van der Waals surface area contributed by atoms with E-state index in [-0.39, 0.29) is 11.9 Å². The van der Waals surface area contributed by atoms with Gasteiger partial charge in [0.05, 0.1) is 12.1 Å². The summed E-state index contributed by atoms with van der Waals surface area (Å²) < 4.78 is 0. The van der Waals surface area contributed by atoms with Gasteiger partial charge in [-0.15, -0.1) is 11.8 Å². The molecule has 0 aliphatic rings. The molecule has 0 saturated carbocycles. The van der Waals surface area contributed by atoms with E-state index in [9.17, 15) is 0 Å². The Kier molecular flexibility index (Phi) is 3.23. The molecule has 0 fully saturated rings. The first-order valence-electron chi connectivity index (χ1n) is 4.92. The molecule has 0 aliphatic heterocycles. The number of pyridine rings is 1. The molecule has 3 heteroatoms. The number of benzene rings is 1. The molecule has 1 heterocycles. The monoisotopic (exact) mass is 219 g/mol. The van der Waals surface area contributed by atoms with Gasteiger partial charge in [0.1, 0.15) is 0 Å². The number of hydrogen-bond donors (Lipinski definition) is 1. The average Bonchev–Trinajstić information content (AvgIpc) is 2.29. The highest BCUT2D eigenvalue weighted by Gasteiger charge is 2.06. The van der Waals surface area contributed by atoms with Crippen LogP contribution in [-0.4, -0.2) is 21.9 Å². The van der Waals surface area contributed by atoms with E-state index in [1.54, 1.807) is 11.8 Å².